The Kier molecular flexibility index (Phi) is 52.5. The van der Waals surface area contributed by atoms with Crippen LogP contribution < -0.4 is 10.2 Å². The van der Waals surface area contributed by atoms with E-state index in [1.807, 2.05) is 21.1 Å². The maximum absolute atomic E-state index is 12.9. The van der Waals surface area contributed by atoms with E-state index >= 15 is 0 Å². The van der Waals surface area contributed by atoms with E-state index in [9.17, 15) is 19.4 Å². The molecule has 0 bridgehead atoms. The van der Waals surface area contributed by atoms with Crippen LogP contribution in [0, 0.1) is 0 Å². The molecule has 9 heteroatoms. The summed E-state index contributed by atoms with van der Waals surface area (Å²) in [6, 6.07) is -0.824. The number of carbonyl (C=O) groups excluding carboxylic acids is 1. The van der Waals surface area contributed by atoms with Crippen LogP contribution >= 0.6 is 7.82 Å². The number of phosphoric acid groups is 1. The molecule has 0 radical (unpaired) electrons. The zero-order chi connectivity index (χ0) is 54.9. The first-order valence-corrected chi connectivity index (χ1v) is 31.1. The zero-order valence-electron chi connectivity index (χ0n) is 48.4. The van der Waals surface area contributed by atoms with Gasteiger partial charge < -0.3 is 28.8 Å². The Hall–Kier alpha value is -3.62. The van der Waals surface area contributed by atoms with E-state index in [1.165, 1.54) is 57.8 Å². The van der Waals surface area contributed by atoms with Gasteiger partial charge in [-0.15, -0.1) is 0 Å². The average Bonchev–Trinajstić information content (AvgIpc) is 3.37. The first-order chi connectivity index (χ1) is 36.5. The molecule has 1 amide bonds. The predicted octanol–water partition coefficient (Wildman–Crippen LogP) is 17.8. The van der Waals surface area contributed by atoms with Crippen LogP contribution in [0.2, 0.25) is 0 Å². The van der Waals surface area contributed by atoms with E-state index in [0.717, 1.165) is 128 Å². The molecule has 0 aliphatic carbocycles. The second-order valence-electron chi connectivity index (χ2n) is 20.6. The average molecular weight is 1060 g/mol. The molecule has 3 unspecified atom stereocenters. The number of allylic oxidation sites excluding steroid dienone is 24. The van der Waals surface area contributed by atoms with Gasteiger partial charge >= 0.3 is 0 Å². The van der Waals surface area contributed by atoms with E-state index in [4.69, 9.17) is 9.05 Å². The summed E-state index contributed by atoms with van der Waals surface area (Å²) in [5.41, 5.74) is 0. The lowest BCUT2D eigenvalue weighted by Crippen LogP contribution is -2.46. The molecule has 75 heavy (non-hydrogen) atoms. The number of aliphatic hydroxyl groups is 1. The molecule has 2 N–H and O–H groups in total. The van der Waals surface area contributed by atoms with Crippen LogP contribution in [0.25, 0.3) is 0 Å². The van der Waals surface area contributed by atoms with Crippen molar-refractivity contribution in [3.8, 4) is 0 Å². The van der Waals surface area contributed by atoms with Gasteiger partial charge in [-0.05, 0) is 103 Å². The van der Waals surface area contributed by atoms with Crippen LogP contribution in [-0.2, 0) is 18.4 Å². The highest BCUT2D eigenvalue weighted by Crippen LogP contribution is 2.38. The van der Waals surface area contributed by atoms with Crippen molar-refractivity contribution < 1.29 is 32.9 Å². The summed E-state index contributed by atoms with van der Waals surface area (Å²) in [5.74, 6) is -0.196. The molecule has 426 valence electrons. The number of nitrogens with zero attached hydrogens (tertiary/aromatic N) is 1. The van der Waals surface area contributed by atoms with Gasteiger partial charge in [0.15, 0.2) is 0 Å². The number of quaternary nitrogens is 1. The molecule has 0 spiro atoms. The van der Waals surface area contributed by atoms with Crippen molar-refractivity contribution in [2.24, 2.45) is 0 Å². The molecule has 0 aromatic carbocycles. The SMILES string of the molecule is CC/C=C\C/C=C\C/C=C\C/C=C\C/C=C\C/C=C\C/C=C\C/C=C\C/C=C\C/C=C\C/C=C\C/C=C\CCCCCCC(=O)NC(COP(=O)([O-])OCC[N+](C)(C)C)C(O)CCCCCCCCCCCCCC. The molecule has 8 nitrogen and oxygen atoms in total. The lowest BCUT2D eigenvalue weighted by molar-refractivity contribution is -0.870. The minimum absolute atomic E-state index is 0.000695. The first-order valence-electron chi connectivity index (χ1n) is 29.7. The van der Waals surface area contributed by atoms with Crippen molar-refractivity contribution in [1.82, 2.24) is 5.32 Å². The van der Waals surface area contributed by atoms with Gasteiger partial charge in [-0.2, -0.15) is 0 Å². The zero-order valence-corrected chi connectivity index (χ0v) is 49.3. The Balaban J connectivity index is 4.15. The quantitative estimate of drug-likeness (QED) is 0.0272. The van der Waals surface area contributed by atoms with Gasteiger partial charge in [0.1, 0.15) is 13.2 Å². The Morgan fingerprint density at radius 2 is 0.813 bits per heavy atom. The number of nitrogens with one attached hydrogen (secondary N) is 1. The first kappa shape index (κ1) is 71.4. The van der Waals surface area contributed by atoms with Gasteiger partial charge in [0, 0.05) is 6.42 Å². The van der Waals surface area contributed by atoms with Crippen molar-refractivity contribution in [2.45, 2.75) is 225 Å². The minimum atomic E-state index is -4.59. The number of amides is 1. The monoisotopic (exact) mass is 1060 g/mol. The Bertz CT molecular complexity index is 1720. The van der Waals surface area contributed by atoms with Crippen LogP contribution in [-0.4, -0.2) is 68.5 Å². The molecule has 0 saturated carbocycles. The number of aliphatic hydroxyl groups excluding tert-OH is 1. The van der Waals surface area contributed by atoms with Crippen LogP contribution in [0.4, 0.5) is 0 Å². The molecule has 0 aromatic rings. The maximum atomic E-state index is 12.9. The molecule has 0 heterocycles. The molecule has 0 aliphatic rings. The smallest absolute Gasteiger partial charge is 0.268 e. The third kappa shape index (κ3) is 57.9. The summed E-state index contributed by atoms with van der Waals surface area (Å²) in [6.07, 6.45) is 84.6. The van der Waals surface area contributed by atoms with E-state index in [0.29, 0.717) is 23.9 Å². The van der Waals surface area contributed by atoms with Crippen molar-refractivity contribution in [2.75, 3.05) is 40.9 Å². The topological polar surface area (TPSA) is 108 Å². The Labute approximate surface area is 461 Å². The Morgan fingerprint density at radius 1 is 0.480 bits per heavy atom. The highest BCUT2D eigenvalue weighted by molar-refractivity contribution is 7.45. The van der Waals surface area contributed by atoms with Gasteiger partial charge in [0.2, 0.25) is 5.91 Å². The van der Waals surface area contributed by atoms with Gasteiger partial charge in [-0.3, -0.25) is 9.36 Å². The summed E-state index contributed by atoms with van der Waals surface area (Å²) in [4.78, 5) is 25.5. The molecule has 0 saturated heterocycles. The summed E-state index contributed by atoms with van der Waals surface area (Å²) in [6.45, 7) is 4.56. The third-order valence-corrected chi connectivity index (χ3v) is 13.3. The molecule has 0 aliphatic heterocycles. The van der Waals surface area contributed by atoms with Gasteiger partial charge in [-0.25, -0.2) is 0 Å². The summed E-state index contributed by atoms with van der Waals surface area (Å²) in [5, 5.41) is 13.9. The van der Waals surface area contributed by atoms with Gasteiger partial charge in [-0.1, -0.05) is 250 Å². The van der Waals surface area contributed by atoms with Crippen LogP contribution in [0.3, 0.4) is 0 Å². The fourth-order valence-corrected chi connectivity index (χ4v) is 8.45. The van der Waals surface area contributed by atoms with E-state index in [-0.39, 0.29) is 19.1 Å². The molecule has 3 atom stereocenters. The number of hydrogen-bond acceptors (Lipinski definition) is 6. The molecule has 0 fully saturated rings. The van der Waals surface area contributed by atoms with Crippen LogP contribution in [0.5, 0.6) is 0 Å². The van der Waals surface area contributed by atoms with E-state index in [2.05, 4.69) is 165 Å². The third-order valence-electron chi connectivity index (χ3n) is 12.3. The van der Waals surface area contributed by atoms with Crippen molar-refractivity contribution in [3.63, 3.8) is 0 Å². The lowest BCUT2D eigenvalue weighted by atomic mass is 10.0. The highest BCUT2D eigenvalue weighted by Gasteiger charge is 2.24. The number of likely N-dealkylation sites (N-methyl/N-ethyl adjacent to an activating group) is 1. The number of phosphoric ester groups is 1. The maximum Gasteiger partial charge on any atom is 0.268 e. The van der Waals surface area contributed by atoms with E-state index < -0.39 is 20.0 Å². The molecule has 0 rings (SSSR count). The number of hydrogen-bond donors (Lipinski definition) is 2. The number of rotatable bonds is 52. The second kappa shape index (κ2) is 55.1. The van der Waals surface area contributed by atoms with Crippen LogP contribution in [0.1, 0.15) is 213 Å². The van der Waals surface area contributed by atoms with E-state index in [1.54, 1.807) is 0 Å². The highest BCUT2D eigenvalue weighted by atomic mass is 31.2. The van der Waals surface area contributed by atoms with Crippen molar-refractivity contribution in [3.05, 3.63) is 146 Å². The second-order valence-corrected chi connectivity index (χ2v) is 22.0. The number of unbranched alkanes of at least 4 members (excludes halogenated alkanes) is 15. The minimum Gasteiger partial charge on any atom is -0.756 e. The number of carbonyl (C=O) groups is 1. The van der Waals surface area contributed by atoms with Crippen molar-refractivity contribution >= 4 is 13.7 Å². The summed E-state index contributed by atoms with van der Waals surface area (Å²) < 4.78 is 23.3. The molecular formula is C66H111N2O6P. The normalized spacial score (nSPS) is 14.9. The summed E-state index contributed by atoms with van der Waals surface area (Å²) in [7, 11) is 1.26. The predicted molar refractivity (Wildman–Crippen MR) is 325 cm³/mol. The van der Waals surface area contributed by atoms with Crippen molar-refractivity contribution in [1.29, 1.82) is 0 Å². The summed E-state index contributed by atoms with van der Waals surface area (Å²) >= 11 is 0. The lowest BCUT2D eigenvalue weighted by Gasteiger charge is -2.30. The molecular weight excluding hydrogens is 948 g/mol. The van der Waals surface area contributed by atoms with Crippen LogP contribution in [0.15, 0.2) is 146 Å². The fourth-order valence-electron chi connectivity index (χ4n) is 7.73. The fraction of sp³-hybridized carbons (Fsp3) is 0.621. The van der Waals surface area contributed by atoms with Gasteiger partial charge in [0.25, 0.3) is 7.82 Å². The van der Waals surface area contributed by atoms with Gasteiger partial charge in [0.05, 0.1) is 39.9 Å². The Morgan fingerprint density at radius 3 is 1.19 bits per heavy atom. The molecule has 0 aromatic heterocycles. The standard InChI is InChI=1S/C66H111N2O6P/c1-6-8-10-12-14-16-18-20-21-22-23-24-25-26-27-28-29-30-31-32-33-34-35-36-37-38-39-40-41-42-43-44-45-46-47-48-50-52-54-56-58-60-66(70)67-64(63-74-75(71,72)73-62-61-68(3,4)5)65(69)59-57-55-53-51-49-19-17-15-13-11-9-7-2/h8,10,14,16,20-21,23-24,26-27,29-30,32-33,35-36,38-39,41-42,44-45,47-48,64-65,69H,6-7,9,11-13,15,17-19,22,25,28,31,34,37,40,43,46,49-63H2,1-5H3,(H-,67,70,71,72)/b10-8-,16-14-,21-20-,24-23-,27-26-,30-29-,33-32-,36-35-,39-38-,42-41-,45-44-,48-47-. The largest absolute Gasteiger partial charge is 0.756 e.